The molecule has 3 aliphatic heterocycles. The van der Waals surface area contributed by atoms with E-state index in [0.29, 0.717) is 43.5 Å². The zero-order valence-electron chi connectivity index (χ0n) is 38.0. The number of pyridine rings is 1. The highest BCUT2D eigenvalue weighted by molar-refractivity contribution is 6.29. The van der Waals surface area contributed by atoms with Gasteiger partial charge in [0.25, 0.3) is 17.4 Å². The fourth-order valence-electron chi connectivity index (χ4n) is 9.48. The van der Waals surface area contributed by atoms with Gasteiger partial charge in [-0.15, -0.1) is 0 Å². The minimum Gasteiger partial charge on any atom is -0.508 e. The molecule has 4 amide bonds. The molecule has 0 aliphatic carbocycles. The van der Waals surface area contributed by atoms with Gasteiger partial charge in [-0.2, -0.15) is 0 Å². The van der Waals surface area contributed by atoms with E-state index >= 15 is 0 Å². The molecule has 0 radical (unpaired) electrons. The third-order valence-corrected chi connectivity index (χ3v) is 12.9. The number of likely N-dealkylation sites (N-methyl/N-ethyl adjacent to an activating group) is 1. The SMILES string of the molecule is CCn1c(-c2cccnc2COC)c2c3cc(ccc31)-c1cc(O)cc(c1)C[C@@H](NC(=O)[C@H](C(C)C)N(C)C(=O)C1CN(C(=O)[C@@H](F)Cl)C1)C(=O)N1CCCC(N1)C(=O)OCC(C)(C)C2. The first-order chi connectivity index (χ1) is 30.9. The van der Waals surface area contributed by atoms with Crippen molar-refractivity contribution in [1.82, 2.24) is 35.1 Å². The maximum Gasteiger partial charge on any atom is 0.324 e. The molecule has 15 nitrogen and oxygen atoms in total. The van der Waals surface area contributed by atoms with Crippen molar-refractivity contribution in [2.24, 2.45) is 17.3 Å². The van der Waals surface area contributed by atoms with Gasteiger partial charge in [-0.25, -0.2) is 9.82 Å². The van der Waals surface area contributed by atoms with E-state index in [9.17, 15) is 33.5 Å². The normalized spacial score (nSPS) is 20.2. The van der Waals surface area contributed by atoms with E-state index in [4.69, 9.17) is 26.1 Å². The Hall–Kier alpha value is -5.58. The molecule has 2 aromatic heterocycles. The molecule has 5 heterocycles. The van der Waals surface area contributed by atoms with Crippen LogP contribution in [0.3, 0.4) is 0 Å². The first-order valence-electron chi connectivity index (χ1n) is 22.2. The van der Waals surface area contributed by atoms with Crippen LogP contribution >= 0.6 is 11.6 Å². The Bertz CT molecular complexity index is 2470. The number of aromatic hydroxyl groups is 1. The lowest BCUT2D eigenvalue weighted by Crippen LogP contribution is -2.63. The van der Waals surface area contributed by atoms with Crippen molar-refractivity contribution < 1.29 is 42.9 Å². The van der Waals surface area contributed by atoms with Crippen molar-refractivity contribution >= 4 is 52.1 Å². The summed E-state index contributed by atoms with van der Waals surface area (Å²) in [6.45, 7) is 11.0. The number of hydrogen-bond donors (Lipinski definition) is 3. The third-order valence-electron chi connectivity index (χ3n) is 12.7. The molecule has 17 heteroatoms. The van der Waals surface area contributed by atoms with Crippen molar-refractivity contribution in [2.75, 3.05) is 40.4 Å². The monoisotopic (exact) mass is 915 g/mol. The molecular weight excluding hydrogens is 857 g/mol. The number of esters is 1. The van der Waals surface area contributed by atoms with Gasteiger partial charge in [0, 0.05) is 74.8 Å². The number of cyclic esters (lactones) is 1. The fraction of sp³-hybridized carbons (Fsp3) is 0.500. The Morgan fingerprint density at radius 1 is 1.12 bits per heavy atom. The Morgan fingerprint density at radius 2 is 1.88 bits per heavy atom. The number of carbonyl (C=O) groups is 5. The minimum absolute atomic E-state index is 0.0378. The van der Waals surface area contributed by atoms with Gasteiger partial charge >= 0.3 is 5.97 Å². The van der Waals surface area contributed by atoms with E-state index in [1.165, 1.54) is 17.0 Å². The van der Waals surface area contributed by atoms with E-state index in [-0.39, 0.29) is 38.4 Å². The molecule has 1 unspecified atom stereocenters. The van der Waals surface area contributed by atoms with Crippen molar-refractivity contribution in [3.8, 4) is 28.1 Å². The second-order valence-electron chi connectivity index (χ2n) is 18.5. The van der Waals surface area contributed by atoms with E-state index in [1.54, 1.807) is 39.3 Å². The number of fused-ring (bicyclic) bond motifs is 6. The Kier molecular flexibility index (Phi) is 14.2. The van der Waals surface area contributed by atoms with Crippen LogP contribution in [0.2, 0.25) is 0 Å². The summed E-state index contributed by atoms with van der Waals surface area (Å²) in [7, 11) is 3.13. The number of amides is 4. The van der Waals surface area contributed by atoms with Gasteiger partial charge in [0.2, 0.25) is 11.8 Å². The number of alkyl halides is 2. The van der Waals surface area contributed by atoms with Crippen molar-refractivity contribution in [3.05, 3.63) is 71.5 Å². The van der Waals surface area contributed by atoms with Crippen molar-refractivity contribution in [3.63, 3.8) is 0 Å². The Labute approximate surface area is 383 Å². The molecule has 2 fully saturated rings. The number of hydrazine groups is 1. The second-order valence-corrected chi connectivity index (χ2v) is 18.9. The number of aromatic nitrogens is 2. The summed E-state index contributed by atoms with van der Waals surface area (Å²) in [4.78, 5) is 75.7. The lowest BCUT2D eigenvalue weighted by Gasteiger charge is -2.42. The van der Waals surface area contributed by atoms with Crippen LogP contribution in [0, 0.1) is 17.3 Å². The molecule has 4 aromatic rings. The maximum absolute atomic E-state index is 14.6. The van der Waals surface area contributed by atoms with Gasteiger partial charge in [-0.1, -0.05) is 51.4 Å². The fourth-order valence-corrected chi connectivity index (χ4v) is 9.62. The van der Waals surface area contributed by atoms with Gasteiger partial charge in [-0.3, -0.25) is 34.0 Å². The van der Waals surface area contributed by atoms with Gasteiger partial charge in [-0.05, 0) is 90.8 Å². The number of rotatable bonds is 10. The molecule has 3 aliphatic rings. The molecule has 6 bridgehead atoms. The van der Waals surface area contributed by atoms with Crippen LogP contribution in [0.4, 0.5) is 4.39 Å². The number of likely N-dealkylation sites (tertiary alicyclic amines) is 1. The Morgan fingerprint density at radius 3 is 2.57 bits per heavy atom. The van der Waals surface area contributed by atoms with Crippen LogP contribution in [-0.4, -0.2) is 123 Å². The van der Waals surface area contributed by atoms with E-state index < -0.39 is 70.6 Å². The van der Waals surface area contributed by atoms with E-state index in [0.717, 1.165) is 43.9 Å². The molecule has 348 valence electrons. The molecule has 7 rings (SSSR count). The Balaban J connectivity index is 1.29. The lowest BCUT2D eigenvalue weighted by molar-refractivity contribution is -0.155. The average Bonchev–Trinajstić information content (AvgIpc) is 3.55. The van der Waals surface area contributed by atoms with Crippen LogP contribution in [0.1, 0.15) is 64.3 Å². The topological polar surface area (TPSA) is 176 Å². The van der Waals surface area contributed by atoms with Crippen molar-refractivity contribution in [2.45, 2.75) is 97.2 Å². The standard InChI is InChI=1S/C48H59ClFN7O8/c1-8-56-39-14-13-29-21-34(39)35(41(56)33-11-9-15-51-38(33)25-64-7)22-48(4,5)26-65-47(63)36-12-10-16-57(53-36)45(61)37(19-28-17-30(29)20-32(58)18-28)52-43(59)40(27(2)3)54(6)44(60)31-23-55(24-31)46(62)42(49)50/h9,11,13-15,17-18,20-21,27,31,36-37,40,42,53,58H,8,10,12,16,19,22-26H2,1-7H3,(H,52,59)/t36?,37-,40+,42-/m1/s1. The molecular formula is C48H59ClFN7O8. The summed E-state index contributed by atoms with van der Waals surface area (Å²) in [5.41, 5.74) is 7.11. The molecule has 3 N–H and O–H groups in total. The molecule has 2 aromatic carbocycles. The highest BCUT2D eigenvalue weighted by atomic mass is 35.5. The number of carbonyl (C=O) groups excluding carboxylic acids is 5. The van der Waals surface area contributed by atoms with Gasteiger partial charge in [0.1, 0.15) is 23.9 Å². The summed E-state index contributed by atoms with van der Waals surface area (Å²) in [5.74, 6) is -4.07. The first kappa shape index (κ1) is 47.4. The zero-order chi connectivity index (χ0) is 46.9. The van der Waals surface area contributed by atoms with Crippen LogP contribution in [0.25, 0.3) is 33.3 Å². The van der Waals surface area contributed by atoms with Crippen LogP contribution in [0.5, 0.6) is 5.75 Å². The van der Waals surface area contributed by atoms with Crippen LogP contribution in [-0.2, 0) is 59.4 Å². The summed E-state index contributed by atoms with van der Waals surface area (Å²) in [6.07, 6.45) is 3.13. The number of phenolic OH excluding ortho intramolecular Hbond substituents is 1. The molecule has 4 atom stereocenters. The quantitative estimate of drug-likeness (QED) is 0.139. The molecule has 2 saturated heterocycles. The number of benzene rings is 2. The molecule has 65 heavy (non-hydrogen) atoms. The minimum atomic E-state index is -2.21. The first-order valence-corrected chi connectivity index (χ1v) is 22.6. The van der Waals surface area contributed by atoms with Gasteiger partial charge in [0.15, 0.2) is 0 Å². The number of ether oxygens (including phenoxy) is 2. The predicted octanol–water partition coefficient (Wildman–Crippen LogP) is 5.37. The van der Waals surface area contributed by atoms with Gasteiger partial charge < -0.3 is 34.3 Å². The summed E-state index contributed by atoms with van der Waals surface area (Å²) in [6, 6.07) is 12.1. The second kappa shape index (κ2) is 19.5. The largest absolute Gasteiger partial charge is 0.508 e. The number of methoxy groups -OCH3 is 1. The smallest absolute Gasteiger partial charge is 0.324 e. The molecule has 0 spiro atoms. The maximum atomic E-state index is 14.6. The number of nitrogens with zero attached hydrogens (tertiary/aromatic N) is 5. The highest BCUT2D eigenvalue weighted by Gasteiger charge is 2.43. The summed E-state index contributed by atoms with van der Waals surface area (Å²) in [5, 5.41) is 16.5. The van der Waals surface area contributed by atoms with Crippen LogP contribution in [0.15, 0.2) is 54.7 Å². The zero-order valence-corrected chi connectivity index (χ0v) is 38.8. The number of phenols is 1. The summed E-state index contributed by atoms with van der Waals surface area (Å²) < 4.78 is 27.4. The lowest BCUT2D eigenvalue weighted by atomic mass is 9.84. The average molecular weight is 916 g/mol. The third kappa shape index (κ3) is 9.99. The van der Waals surface area contributed by atoms with Crippen LogP contribution < -0.4 is 10.7 Å². The van der Waals surface area contributed by atoms with Gasteiger partial charge in [0.05, 0.1) is 30.5 Å². The number of hydrogen-bond acceptors (Lipinski definition) is 10. The van der Waals surface area contributed by atoms with Crippen molar-refractivity contribution in [1.29, 1.82) is 0 Å². The summed E-state index contributed by atoms with van der Waals surface area (Å²) >= 11 is 5.33. The number of halogens is 2. The number of nitrogens with one attached hydrogen (secondary N) is 2. The molecule has 0 saturated carbocycles. The highest BCUT2D eigenvalue weighted by Crippen LogP contribution is 2.41. The van der Waals surface area contributed by atoms with E-state index in [1.807, 2.05) is 24.3 Å². The van der Waals surface area contributed by atoms with E-state index in [2.05, 4.69) is 48.2 Å². The number of aryl methyl sites for hydroxylation is 1. The predicted molar refractivity (Wildman–Crippen MR) is 243 cm³/mol.